The number of aromatic nitrogens is 1. The van der Waals surface area contributed by atoms with Crippen LogP contribution in [0.25, 0.3) is 0 Å². The topological polar surface area (TPSA) is 54.0 Å². The third kappa shape index (κ3) is 4.57. The molecule has 1 aliphatic rings. The summed E-state index contributed by atoms with van der Waals surface area (Å²) in [5.41, 5.74) is 3.00. The van der Waals surface area contributed by atoms with Crippen molar-refractivity contribution in [1.82, 2.24) is 4.98 Å². The summed E-state index contributed by atoms with van der Waals surface area (Å²) in [5, 5.41) is 6.40. The lowest BCUT2D eigenvalue weighted by molar-refractivity contribution is -0.120. The quantitative estimate of drug-likeness (QED) is 0.850. The predicted molar refractivity (Wildman–Crippen MR) is 97.9 cm³/mol. The second-order valence-electron chi connectivity index (χ2n) is 6.54. The molecule has 2 aromatic rings. The molecule has 24 heavy (non-hydrogen) atoms. The highest BCUT2D eigenvalue weighted by atomic mass is 16.1. The molecule has 1 heterocycles. The summed E-state index contributed by atoms with van der Waals surface area (Å²) in [4.78, 5) is 16.8. The highest BCUT2D eigenvalue weighted by Gasteiger charge is 2.20. The number of aryl methyl sites for hydroxylation is 1. The van der Waals surface area contributed by atoms with Crippen LogP contribution in [0.3, 0.4) is 0 Å². The molecule has 0 aliphatic heterocycles. The molecule has 0 spiro atoms. The van der Waals surface area contributed by atoms with Crippen LogP contribution in [0.5, 0.6) is 0 Å². The molecular weight excluding hydrogens is 298 g/mol. The molecule has 0 radical (unpaired) electrons. The van der Waals surface area contributed by atoms with Gasteiger partial charge in [-0.25, -0.2) is 4.98 Å². The van der Waals surface area contributed by atoms with Gasteiger partial charge in [-0.2, -0.15) is 0 Å². The van der Waals surface area contributed by atoms with Crippen molar-refractivity contribution in [2.45, 2.75) is 45.6 Å². The minimum absolute atomic E-state index is 0.167. The number of hydrogen-bond donors (Lipinski definition) is 2. The molecule has 0 saturated heterocycles. The van der Waals surface area contributed by atoms with Crippen LogP contribution in [-0.2, 0) is 11.3 Å². The van der Waals surface area contributed by atoms with E-state index in [-0.39, 0.29) is 11.8 Å². The molecule has 4 heteroatoms. The lowest BCUT2D eigenvalue weighted by Gasteiger charge is -2.20. The van der Waals surface area contributed by atoms with E-state index >= 15 is 0 Å². The Morgan fingerprint density at radius 3 is 2.71 bits per heavy atom. The Hall–Kier alpha value is -2.36. The number of benzene rings is 1. The predicted octanol–water partition coefficient (Wildman–Crippen LogP) is 4.52. The van der Waals surface area contributed by atoms with Crippen molar-refractivity contribution in [3.05, 3.63) is 53.7 Å². The average Bonchev–Trinajstić information content (AvgIpc) is 2.61. The van der Waals surface area contributed by atoms with E-state index in [0.29, 0.717) is 6.54 Å². The first kappa shape index (κ1) is 16.5. The van der Waals surface area contributed by atoms with Gasteiger partial charge in [0.1, 0.15) is 5.82 Å². The monoisotopic (exact) mass is 323 g/mol. The maximum atomic E-state index is 12.4. The number of amides is 1. The number of nitrogens with zero attached hydrogens (tertiary/aromatic N) is 1. The van der Waals surface area contributed by atoms with Gasteiger partial charge in [0.05, 0.1) is 0 Å². The second-order valence-corrected chi connectivity index (χ2v) is 6.54. The summed E-state index contributed by atoms with van der Waals surface area (Å²) in [5.74, 6) is 1.21. The summed E-state index contributed by atoms with van der Waals surface area (Å²) in [6, 6.07) is 14.0. The van der Waals surface area contributed by atoms with Crippen LogP contribution < -0.4 is 10.6 Å². The van der Waals surface area contributed by atoms with E-state index < -0.39 is 0 Å². The number of hydrogen-bond acceptors (Lipinski definition) is 3. The molecule has 1 saturated carbocycles. The Morgan fingerprint density at radius 2 is 1.92 bits per heavy atom. The molecule has 1 aliphatic carbocycles. The number of carbonyl (C=O) groups excluding carboxylic acids is 1. The summed E-state index contributed by atoms with van der Waals surface area (Å²) < 4.78 is 0. The van der Waals surface area contributed by atoms with Crippen molar-refractivity contribution < 1.29 is 4.79 Å². The molecular formula is C20H25N3O. The van der Waals surface area contributed by atoms with Gasteiger partial charge in [0, 0.05) is 23.8 Å². The van der Waals surface area contributed by atoms with Crippen molar-refractivity contribution in [2.75, 3.05) is 10.6 Å². The smallest absolute Gasteiger partial charge is 0.227 e. The van der Waals surface area contributed by atoms with Crippen LogP contribution in [0.4, 0.5) is 11.5 Å². The van der Waals surface area contributed by atoms with Gasteiger partial charge in [-0.15, -0.1) is 0 Å². The highest BCUT2D eigenvalue weighted by Crippen LogP contribution is 2.25. The van der Waals surface area contributed by atoms with E-state index in [0.717, 1.165) is 35.6 Å². The van der Waals surface area contributed by atoms with E-state index in [4.69, 9.17) is 0 Å². The molecule has 4 nitrogen and oxygen atoms in total. The fourth-order valence-electron chi connectivity index (χ4n) is 3.20. The maximum Gasteiger partial charge on any atom is 0.227 e. The third-order valence-electron chi connectivity index (χ3n) is 4.53. The third-order valence-corrected chi connectivity index (χ3v) is 4.53. The number of pyridine rings is 1. The van der Waals surface area contributed by atoms with Gasteiger partial charge >= 0.3 is 0 Å². The molecule has 1 aromatic carbocycles. The summed E-state index contributed by atoms with van der Waals surface area (Å²) in [6.45, 7) is 2.66. The van der Waals surface area contributed by atoms with Crippen LogP contribution in [0.15, 0.2) is 42.5 Å². The van der Waals surface area contributed by atoms with Gasteiger partial charge in [0.15, 0.2) is 0 Å². The number of anilines is 2. The van der Waals surface area contributed by atoms with E-state index in [2.05, 4.69) is 21.7 Å². The Labute approximate surface area is 143 Å². The normalized spacial score (nSPS) is 15.0. The van der Waals surface area contributed by atoms with E-state index in [9.17, 15) is 4.79 Å². The van der Waals surface area contributed by atoms with Crippen molar-refractivity contribution in [3.63, 3.8) is 0 Å². The number of nitrogens with one attached hydrogen (secondary N) is 2. The Kier molecular flexibility index (Phi) is 5.47. The van der Waals surface area contributed by atoms with Crippen molar-refractivity contribution >= 4 is 17.4 Å². The summed E-state index contributed by atoms with van der Waals surface area (Å²) >= 11 is 0. The van der Waals surface area contributed by atoms with Crippen LogP contribution in [-0.4, -0.2) is 10.9 Å². The van der Waals surface area contributed by atoms with Gasteiger partial charge in [-0.1, -0.05) is 37.5 Å². The van der Waals surface area contributed by atoms with Gasteiger partial charge < -0.3 is 10.6 Å². The first-order valence-corrected chi connectivity index (χ1v) is 8.78. The zero-order valence-electron chi connectivity index (χ0n) is 14.2. The van der Waals surface area contributed by atoms with Crippen LogP contribution in [0, 0.1) is 12.8 Å². The Morgan fingerprint density at radius 1 is 1.12 bits per heavy atom. The van der Waals surface area contributed by atoms with Crippen molar-refractivity contribution in [2.24, 2.45) is 5.92 Å². The van der Waals surface area contributed by atoms with E-state index in [1.165, 1.54) is 19.3 Å². The summed E-state index contributed by atoms with van der Waals surface area (Å²) in [6.07, 6.45) is 5.65. The van der Waals surface area contributed by atoms with Gasteiger partial charge in [-0.3, -0.25) is 4.79 Å². The van der Waals surface area contributed by atoms with E-state index in [1.807, 2.05) is 43.3 Å². The first-order valence-electron chi connectivity index (χ1n) is 8.78. The average molecular weight is 323 g/mol. The standard InChI is InChI=1S/C20H25N3O/c1-15-7-5-12-19(22-15)21-14-16-8-6-11-18(13-16)23-20(24)17-9-3-2-4-10-17/h5-8,11-13,17H,2-4,9-10,14H2,1H3,(H,21,22)(H,23,24). The zero-order chi connectivity index (χ0) is 16.8. The molecule has 126 valence electrons. The Balaban J connectivity index is 1.58. The molecule has 0 atom stereocenters. The van der Waals surface area contributed by atoms with Crippen LogP contribution >= 0.6 is 0 Å². The number of carbonyl (C=O) groups is 1. The molecule has 1 aromatic heterocycles. The minimum Gasteiger partial charge on any atom is -0.366 e. The molecule has 1 fully saturated rings. The fourth-order valence-corrected chi connectivity index (χ4v) is 3.20. The molecule has 0 bridgehead atoms. The zero-order valence-corrected chi connectivity index (χ0v) is 14.2. The minimum atomic E-state index is 0.167. The van der Waals surface area contributed by atoms with Crippen molar-refractivity contribution in [1.29, 1.82) is 0 Å². The highest BCUT2D eigenvalue weighted by molar-refractivity contribution is 5.92. The Bertz CT molecular complexity index is 693. The molecule has 3 rings (SSSR count). The summed E-state index contributed by atoms with van der Waals surface area (Å²) in [7, 11) is 0. The SMILES string of the molecule is Cc1cccc(NCc2cccc(NC(=O)C3CCCCC3)c2)n1. The lowest BCUT2D eigenvalue weighted by atomic mass is 9.88. The molecule has 1 amide bonds. The maximum absolute atomic E-state index is 12.4. The van der Waals surface area contributed by atoms with Crippen molar-refractivity contribution in [3.8, 4) is 0 Å². The molecule has 2 N–H and O–H groups in total. The molecule has 0 unspecified atom stereocenters. The van der Waals surface area contributed by atoms with Gasteiger partial charge in [0.25, 0.3) is 0 Å². The number of rotatable bonds is 5. The first-order chi connectivity index (χ1) is 11.7. The van der Waals surface area contributed by atoms with E-state index in [1.54, 1.807) is 0 Å². The lowest BCUT2D eigenvalue weighted by Crippen LogP contribution is -2.24. The van der Waals surface area contributed by atoms with Crippen LogP contribution in [0.2, 0.25) is 0 Å². The fraction of sp³-hybridized carbons (Fsp3) is 0.400. The van der Waals surface area contributed by atoms with Gasteiger partial charge in [0.2, 0.25) is 5.91 Å². The van der Waals surface area contributed by atoms with Crippen LogP contribution in [0.1, 0.15) is 43.4 Å². The second kappa shape index (κ2) is 7.95. The largest absolute Gasteiger partial charge is 0.366 e. The van der Waals surface area contributed by atoms with Gasteiger partial charge in [-0.05, 0) is 49.6 Å².